The van der Waals surface area contributed by atoms with Gasteiger partial charge in [0.1, 0.15) is 0 Å². The number of allylic oxidation sites excluding steroid dienone is 1. The Morgan fingerprint density at radius 1 is 1.06 bits per heavy atom. The molecular formula is C16H12OS. The van der Waals surface area contributed by atoms with Gasteiger partial charge in [-0.05, 0) is 30.7 Å². The first-order valence-electron chi connectivity index (χ1n) is 5.84. The van der Waals surface area contributed by atoms with E-state index in [2.05, 4.69) is 19.1 Å². The van der Waals surface area contributed by atoms with Gasteiger partial charge in [-0.2, -0.15) is 0 Å². The van der Waals surface area contributed by atoms with E-state index in [9.17, 15) is 4.79 Å². The highest BCUT2D eigenvalue weighted by atomic mass is 32.2. The lowest BCUT2D eigenvalue weighted by molar-refractivity contribution is 0.104. The second-order valence-corrected chi connectivity index (χ2v) is 5.43. The SMILES string of the molecule is Cc1cccc(/C=C2\Sc3ccccc3C2=O)c1. The summed E-state index contributed by atoms with van der Waals surface area (Å²) in [6.07, 6.45) is 1.97. The van der Waals surface area contributed by atoms with Crippen molar-refractivity contribution in [2.24, 2.45) is 0 Å². The van der Waals surface area contributed by atoms with Crippen molar-refractivity contribution in [3.05, 3.63) is 70.1 Å². The summed E-state index contributed by atoms with van der Waals surface area (Å²) in [7, 11) is 0. The van der Waals surface area contributed by atoms with Gasteiger partial charge in [0, 0.05) is 10.5 Å². The third-order valence-corrected chi connectivity index (χ3v) is 4.01. The highest BCUT2D eigenvalue weighted by molar-refractivity contribution is 8.04. The summed E-state index contributed by atoms with van der Waals surface area (Å²) in [5, 5.41) is 0. The van der Waals surface area contributed by atoms with Crippen LogP contribution in [0.5, 0.6) is 0 Å². The second-order valence-electron chi connectivity index (χ2n) is 4.35. The van der Waals surface area contributed by atoms with Crippen LogP contribution in [0.25, 0.3) is 6.08 Å². The Morgan fingerprint density at radius 2 is 1.89 bits per heavy atom. The van der Waals surface area contributed by atoms with E-state index in [1.54, 1.807) is 11.8 Å². The second kappa shape index (κ2) is 4.46. The minimum Gasteiger partial charge on any atom is -0.288 e. The maximum atomic E-state index is 12.2. The molecule has 0 amide bonds. The van der Waals surface area contributed by atoms with Crippen molar-refractivity contribution in [1.82, 2.24) is 0 Å². The van der Waals surface area contributed by atoms with Gasteiger partial charge in [-0.3, -0.25) is 4.79 Å². The highest BCUT2D eigenvalue weighted by Crippen LogP contribution is 2.40. The zero-order chi connectivity index (χ0) is 12.5. The van der Waals surface area contributed by atoms with Crippen molar-refractivity contribution in [3.63, 3.8) is 0 Å². The molecule has 2 heteroatoms. The minimum atomic E-state index is 0.136. The van der Waals surface area contributed by atoms with Gasteiger partial charge in [-0.25, -0.2) is 0 Å². The molecule has 0 atom stereocenters. The van der Waals surface area contributed by atoms with Gasteiger partial charge in [-0.1, -0.05) is 53.7 Å². The van der Waals surface area contributed by atoms with Crippen LogP contribution in [0.2, 0.25) is 0 Å². The van der Waals surface area contributed by atoms with E-state index in [0.29, 0.717) is 0 Å². The maximum Gasteiger partial charge on any atom is 0.200 e. The molecule has 0 unspecified atom stereocenters. The Labute approximate surface area is 111 Å². The number of carbonyl (C=O) groups is 1. The van der Waals surface area contributed by atoms with Gasteiger partial charge in [0.25, 0.3) is 0 Å². The van der Waals surface area contributed by atoms with Gasteiger partial charge in [0.15, 0.2) is 0 Å². The molecule has 0 aliphatic carbocycles. The first kappa shape index (κ1) is 11.3. The molecule has 0 bridgehead atoms. The van der Waals surface area contributed by atoms with Crippen molar-refractivity contribution in [3.8, 4) is 0 Å². The fourth-order valence-electron chi connectivity index (χ4n) is 2.05. The van der Waals surface area contributed by atoms with Crippen LogP contribution < -0.4 is 0 Å². The zero-order valence-corrected chi connectivity index (χ0v) is 10.8. The first-order chi connectivity index (χ1) is 8.74. The number of hydrogen-bond acceptors (Lipinski definition) is 2. The van der Waals surface area contributed by atoms with Crippen molar-refractivity contribution >= 4 is 23.6 Å². The molecule has 1 heterocycles. The molecule has 18 heavy (non-hydrogen) atoms. The van der Waals surface area contributed by atoms with Gasteiger partial charge in [0.05, 0.1) is 4.91 Å². The van der Waals surface area contributed by atoms with Crippen LogP contribution in [-0.2, 0) is 0 Å². The number of rotatable bonds is 1. The van der Waals surface area contributed by atoms with E-state index in [0.717, 1.165) is 20.9 Å². The van der Waals surface area contributed by atoms with E-state index >= 15 is 0 Å². The number of benzene rings is 2. The molecule has 3 rings (SSSR count). The fraction of sp³-hybridized carbons (Fsp3) is 0.0625. The molecular weight excluding hydrogens is 240 g/mol. The fourth-order valence-corrected chi connectivity index (χ4v) is 3.10. The number of carbonyl (C=O) groups excluding carboxylic acids is 1. The molecule has 0 spiro atoms. The average Bonchev–Trinajstić information content (AvgIpc) is 2.67. The molecule has 0 aromatic heterocycles. The normalized spacial score (nSPS) is 16.1. The quantitative estimate of drug-likeness (QED) is 0.703. The number of thioether (sulfide) groups is 1. The van der Waals surface area contributed by atoms with Crippen LogP contribution in [0.4, 0.5) is 0 Å². The molecule has 2 aromatic carbocycles. The average molecular weight is 252 g/mol. The Kier molecular flexibility index (Phi) is 2.80. The molecule has 0 radical (unpaired) electrons. The van der Waals surface area contributed by atoms with Gasteiger partial charge in [0.2, 0.25) is 5.78 Å². The summed E-state index contributed by atoms with van der Waals surface area (Å²) in [4.78, 5) is 14.1. The predicted molar refractivity (Wildman–Crippen MR) is 75.8 cm³/mol. The number of aryl methyl sites for hydroxylation is 1. The Balaban J connectivity index is 1.99. The standard InChI is InChI=1S/C16H12OS/c1-11-5-4-6-12(9-11)10-15-16(17)13-7-2-3-8-14(13)18-15/h2-10H,1H3/b15-10-. The lowest BCUT2D eigenvalue weighted by Gasteiger charge is -1.97. The Morgan fingerprint density at radius 3 is 2.67 bits per heavy atom. The smallest absolute Gasteiger partial charge is 0.200 e. The molecule has 1 nitrogen and oxygen atoms in total. The first-order valence-corrected chi connectivity index (χ1v) is 6.65. The summed E-state index contributed by atoms with van der Waals surface area (Å²) in [6, 6.07) is 15.9. The third kappa shape index (κ3) is 2.00. The van der Waals surface area contributed by atoms with Crippen molar-refractivity contribution < 1.29 is 4.79 Å². The molecule has 0 saturated heterocycles. The molecule has 88 valence electrons. The van der Waals surface area contributed by atoms with Crippen molar-refractivity contribution in [1.29, 1.82) is 0 Å². The largest absolute Gasteiger partial charge is 0.288 e. The monoisotopic (exact) mass is 252 g/mol. The van der Waals surface area contributed by atoms with E-state index in [-0.39, 0.29) is 5.78 Å². The third-order valence-electron chi connectivity index (χ3n) is 2.92. The molecule has 0 saturated carbocycles. The van der Waals surface area contributed by atoms with Crippen LogP contribution >= 0.6 is 11.8 Å². The van der Waals surface area contributed by atoms with Crippen LogP contribution in [0, 0.1) is 6.92 Å². The number of fused-ring (bicyclic) bond motifs is 1. The highest BCUT2D eigenvalue weighted by Gasteiger charge is 2.24. The topological polar surface area (TPSA) is 17.1 Å². The van der Waals surface area contributed by atoms with Gasteiger partial charge >= 0.3 is 0 Å². The van der Waals surface area contributed by atoms with E-state index in [1.807, 2.05) is 42.5 Å². The van der Waals surface area contributed by atoms with Crippen LogP contribution in [0.3, 0.4) is 0 Å². The molecule has 0 N–H and O–H groups in total. The van der Waals surface area contributed by atoms with E-state index < -0.39 is 0 Å². The summed E-state index contributed by atoms with van der Waals surface area (Å²) in [5.74, 6) is 0.136. The molecule has 2 aromatic rings. The lowest BCUT2D eigenvalue weighted by atomic mass is 10.1. The molecule has 0 fully saturated rings. The van der Waals surface area contributed by atoms with Crippen LogP contribution in [0.15, 0.2) is 58.3 Å². The molecule has 1 aliphatic heterocycles. The summed E-state index contributed by atoms with van der Waals surface area (Å²) in [6.45, 7) is 2.06. The van der Waals surface area contributed by atoms with Crippen LogP contribution in [0.1, 0.15) is 21.5 Å². The Hall–Kier alpha value is -1.80. The van der Waals surface area contributed by atoms with E-state index in [1.165, 1.54) is 5.56 Å². The lowest BCUT2D eigenvalue weighted by Crippen LogP contribution is -1.93. The van der Waals surface area contributed by atoms with Gasteiger partial charge in [-0.15, -0.1) is 0 Å². The summed E-state index contributed by atoms with van der Waals surface area (Å²) >= 11 is 1.56. The van der Waals surface area contributed by atoms with E-state index in [4.69, 9.17) is 0 Å². The van der Waals surface area contributed by atoms with Crippen LogP contribution in [-0.4, -0.2) is 5.78 Å². The minimum absolute atomic E-state index is 0.136. The Bertz CT molecular complexity index is 656. The maximum absolute atomic E-state index is 12.2. The number of ketones is 1. The van der Waals surface area contributed by atoms with Crippen molar-refractivity contribution in [2.45, 2.75) is 11.8 Å². The van der Waals surface area contributed by atoms with Gasteiger partial charge < -0.3 is 0 Å². The zero-order valence-electron chi connectivity index (χ0n) is 10.0. The molecule has 1 aliphatic rings. The number of hydrogen-bond donors (Lipinski definition) is 0. The summed E-state index contributed by atoms with van der Waals surface area (Å²) in [5.41, 5.74) is 3.11. The predicted octanol–water partition coefficient (Wildman–Crippen LogP) is 4.32. The van der Waals surface area contributed by atoms with Crippen molar-refractivity contribution in [2.75, 3.05) is 0 Å². The summed E-state index contributed by atoms with van der Waals surface area (Å²) < 4.78 is 0. The number of Topliss-reactive ketones (excluding diaryl/α,β-unsaturated/α-hetero) is 1.